The molecule has 2 heterocycles. The fourth-order valence-corrected chi connectivity index (χ4v) is 1.76. The predicted molar refractivity (Wildman–Crippen MR) is 57.8 cm³/mol. The fraction of sp³-hybridized carbons (Fsp3) is 0.375. The van der Waals surface area contributed by atoms with Crippen LogP contribution in [0.25, 0.3) is 0 Å². The summed E-state index contributed by atoms with van der Waals surface area (Å²) in [5.41, 5.74) is -0.168. The molecule has 0 fully saturated rings. The van der Waals surface area contributed by atoms with Gasteiger partial charge in [-0.3, -0.25) is 10.1 Å². The number of nitrogens with one attached hydrogen (secondary N) is 1. The van der Waals surface area contributed by atoms with E-state index in [9.17, 15) is 9.59 Å². The molecule has 0 radical (unpaired) electrons. The van der Waals surface area contributed by atoms with E-state index in [0.717, 1.165) is 11.5 Å². The maximum Gasteiger partial charge on any atom is 0.353 e. The molecule has 8 nitrogen and oxygen atoms in total. The number of anilines is 1. The van der Waals surface area contributed by atoms with Crippen LogP contribution >= 0.6 is 11.5 Å². The first-order valence-electron chi connectivity index (χ1n) is 4.63. The van der Waals surface area contributed by atoms with E-state index in [1.807, 2.05) is 0 Å². The predicted octanol–water partition coefficient (Wildman–Crippen LogP) is 0.0145. The molecule has 90 valence electrons. The number of hydrogen-bond acceptors (Lipinski definition) is 7. The van der Waals surface area contributed by atoms with Crippen molar-refractivity contribution in [3.63, 3.8) is 0 Å². The van der Waals surface area contributed by atoms with E-state index in [0.29, 0.717) is 11.0 Å². The van der Waals surface area contributed by atoms with Crippen LogP contribution in [0.3, 0.4) is 0 Å². The molecule has 1 unspecified atom stereocenters. The van der Waals surface area contributed by atoms with Gasteiger partial charge in [-0.15, -0.1) is 0 Å². The molecule has 0 saturated carbocycles. The Balaban J connectivity index is 1.93. The van der Waals surface area contributed by atoms with Gasteiger partial charge in [-0.25, -0.2) is 9.78 Å². The van der Waals surface area contributed by atoms with Gasteiger partial charge in [0.2, 0.25) is 11.2 Å². The maximum absolute atomic E-state index is 11.6. The van der Waals surface area contributed by atoms with Crippen LogP contribution < -0.4 is 5.32 Å². The molecular weight excluding hydrogens is 248 g/mol. The lowest BCUT2D eigenvalue weighted by Crippen LogP contribution is -2.28. The Labute approximate surface area is 99.5 Å². The standard InChI is InChI=1S/C8H8N4O4S/c1-3-9-8(17-12-3)10-6(13)5-2-4(7(14)15)11-16-5/h5H,2H2,1H3,(H,14,15)(H,9,10,12,13). The lowest BCUT2D eigenvalue weighted by molar-refractivity contribution is -0.129. The van der Waals surface area contributed by atoms with E-state index in [1.54, 1.807) is 6.92 Å². The highest BCUT2D eigenvalue weighted by molar-refractivity contribution is 7.09. The summed E-state index contributed by atoms with van der Waals surface area (Å²) in [6.45, 7) is 1.70. The number of aryl methyl sites for hydroxylation is 1. The number of aliphatic carboxylic acids is 1. The van der Waals surface area contributed by atoms with Crippen molar-refractivity contribution >= 4 is 34.3 Å². The molecule has 2 N–H and O–H groups in total. The Hall–Kier alpha value is -2.03. The van der Waals surface area contributed by atoms with Gasteiger partial charge in [0.1, 0.15) is 5.82 Å². The minimum absolute atomic E-state index is 0.0566. The van der Waals surface area contributed by atoms with Crippen molar-refractivity contribution in [1.29, 1.82) is 0 Å². The van der Waals surface area contributed by atoms with Crippen molar-refractivity contribution in [3.8, 4) is 0 Å². The Morgan fingerprint density at radius 3 is 2.88 bits per heavy atom. The van der Waals surface area contributed by atoms with Crippen molar-refractivity contribution in [2.24, 2.45) is 5.16 Å². The third-order valence-electron chi connectivity index (χ3n) is 1.97. The SMILES string of the molecule is Cc1nsc(NC(=O)C2CC(C(=O)O)=NO2)n1. The van der Waals surface area contributed by atoms with Crippen LogP contribution in [0, 0.1) is 6.92 Å². The highest BCUT2D eigenvalue weighted by Gasteiger charge is 2.31. The number of nitrogens with zero attached hydrogens (tertiary/aromatic N) is 3. The van der Waals surface area contributed by atoms with Crippen LogP contribution in [0.4, 0.5) is 5.13 Å². The summed E-state index contributed by atoms with van der Waals surface area (Å²) < 4.78 is 3.89. The number of amides is 1. The number of oxime groups is 1. The third kappa shape index (κ3) is 2.56. The molecule has 0 spiro atoms. The van der Waals surface area contributed by atoms with Gasteiger partial charge in [0.15, 0.2) is 5.71 Å². The van der Waals surface area contributed by atoms with Crippen molar-refractivity contribution < 1.29 is 19.5 Å². The van der Waals surface area contributed by atoms with Crippen molar-refractivity contribution in [2.45, 2.75) is 19.4 Å². The largest absolute Gasteiger partial charge is 0.477 e. The third-order valence-corrected chi connectivity index (χ3v) is 2.69. The minimum atomic E-state index is -1.19. The molecular formula is C8H8N4O4S. The summed E-state index contributed by atoms with van der Waals surface area (Å²) >= 11 is 1.04. The van der Waals surface area contributed by atoms with Gasteiger partial charge in [0.05, 0.1) is 0 Å². The van der Waals surface area contributed by atoms with E-state index < -0.39 is 18.0 Å². The second-order valence-corrected chi connectivity index (χ2v) is 4.03. The van der Waals surface area contributed by atoms with Crippen molar-refractivity contribution in [3.05, 3.63) is 5.82 Å². The number of carbonyl (C=O) groups excluding carboxylic acids is 1. The number of carboxylic acids is 1. The van der Waals surface area contributed by atoms with Crippen LogP contribution in [-0.2, 0) is 14.4 Å². The van der Waals surface area contributed by atoms with Crippen LogP contribution in [0.2, 0.25) is 0 Å². The average molecular weight is 256 g/mol. The molecule has 1 amide bonds. The first-order chi connectivity index (χ1) is 8.06. The molecule has 0 bridgehead atoms. The van der Waals surface area contributed by atoms with E-state index in [1.165, 1.54) is 0 Å². The van der Waals surface area contributed by atoms with Gasteiger partial charge in [0, 0.05) is 18.0 Å². The van der Waals surface area contributed by atoms with Gasteiger partial charge < -0.3 is 9.94 Å². The number of carbonyl (C=O) groups is 2. The summed E-state index contributed by atoms with van der Waals surface area (Å²) in [6.07, 6.45) is -0.982. The van der Waals surface area contributed by atoms with Crippen molar-refractivity contribution in [1.82, 2.24) is 9.36 Å². The molecule has 9 heteroatoms. The highest BCUT2D eigenvalue weighted by atomic mass is 32.1. The topological polar surface area (TPSA) is 114 Å². The number of rotatable bonds is 3. The van der Waals surface area contributed by atoms with Crippen LogP contribution in [0.1, 0.15) is 12.2 Å². The Morgan fingerprint density at radius 1 is 1.59 bits per heavy atom. The molecule has 0 saturated heterocycles. The van der Waals surface area contributed by atoms with E-state index in [-0.39, 0.29) is 12.1 Å². The molecule has 0 aromatic carbocycles. The monoisotopic (exact) mass is 256 g/mol. The van der Waals surface area contributed by atoms with Crippen LogP contribution in [0.5, 0.6) is 0 Å². The second-order valence-electron chi connectivity index (χ2n) is 3.28. The zero-order valence-electron chi connectivity index (χ0n) is 8.71. The first kappa shape index (κ1) is 11.5. The molecule has 1 aliphatic rings. The van der Waals surface area contributed by atoms with Gasteiger partial charge in [-0.1, -0.05) is 5.16 Å². The normalized spacial score (nSPS) is 18.4. The van der Waals surface area contributed by atoms with Gasteiger partial charge in [-0.2, -0.15) is 4.37 Å². The quantitative estimate of drug-likeness (QED) is 0.787. The second kappa shape index (κ2) is 4.45. The molecule has 1 atom stereocenters. The zero-order chi connectivity index (χ0) is 12.4. The first-order valence-corrected chi connectivity index (χ1v) is 5.41. The summed E-state index contributed by atoms with van der Waals surface area (Å²) in [6, 6.07) is 0. The van der Waals surface area contributed by atoms with Crippen LogP contribution in [-0.4, -0.2) is 38.2 Å². The number of aromatic nitrogens is 2. The average Bonchev–Trinajstić information content (AvgIpc) is 2.86. The molecule has 1 aromatic rings. The van der Waals surface area contributed by atoms with Gasteiger partial charge in [0.25, 0.3) is 5.91 Å². The summed E-state index contributed by atoms with van der Waals surface area (Å²) in [4.78, 5) is 30.9. The summed E-state index contributed by atoms with van der Waals surface area (Å²) in [7, 11) is 0. The van der Waals surface area contributed by atoms with Gasteiger partial charge in [-0.05, 0) is 6.92 Å². The lowest BCUT2D eigenvalue weighted by Gasteiger charge is -2.05. The summed E-state index contributed by atoms with van der Waals surface area (Å²) in [5.74, 6) is -1.12. The number of hydrogen-bond donors (Lipinski definition) is 2. The van der Waals surface area contributed by atoms with Crippen LogP contribution in [0.15, 0.2) is 5.16 Å². The minimum Gasteiger partial charge on any atom is -0.477 e. The Morgan fingerprint density at radius 2 is 2.35 bits per heavy atom. The summed E-state index contributed by atoms with van der Waals surface area (Å²) in [5, 5.41) is 14.8. The smallest absolute Gasteiger partial charge is 0.353 e. The zero-order valence-corrected chi connectivity index (χ0v) is 9.52. The highest BCUT2D eigenvalue weighted by Crippen LogP contribution is 2.15. The fourth-order valence-electron chi connectivity index (χ4n) is 1.18. The van der Waals surface area contributed by atoms with E-state index in [4.69, 9.17) is 9.94 Å². The number of carboxylic acid groups (broad SMARTS) is 1. The Kier molecular flexibility index (Phi) is 3.00. The van der Waals surface area contributed by atoms with Crippen molar-refractivity contribution in [2.75, 3.05) is 5.32 Å². The maximum atomic E-state index is 11.6. The molecule has 1 aromatic heterocycles. The van der Waals surface area contributed by atoms with Gasteiger partial charge >= 0.3 is 5.97 Å². The molecule has 0 aliphatic carbocycles. The van der Waals surface area contributed by atoms with E-state index in [2.05, 4.69) is 19.8 Å². The molecule has 1 aliphatic heterocycles. The molecule has 17 heavy (non-hydrogen) atoms. The molecule has 2 rings (SSSR count). The lowest BCUT2D eigenvalue weighted by atomic mass is 10.2. The Bertz CT molecular complexity index is 497. The van der Waals surface area contributed by atoms with E-state index >= 15 is 0 Å².